The van der Waals surface area contributed by atoms with Crippen molar-refractivity contribution in [2.45, 2.75) is 43.4 Å². The highest BCUT2D eigenvalue weighted by atomic mass is 19.3. The van der Waals surface area contributed by atoms with E-state index in [1.54, 1.807) is 30.3 Å². The number of halogens is 6. The molecule has 0 radical (unpaired) electrons. The molecule has 3 aromatic rings. The maximum atomic E-state index is 14.7. The van der Waals surface area contributed by atoms with Crippen molar-refractivity contribution in [2.24, 2.45) is 0 Å². The van der Waals surface area contributed by atoms with E-state index in [2.05, 4.69) is 15.4 Å². The van der Waals surface area contributed by atoms with Crippen LogP contribution in [0.3, 0.4) is 0 Å². The van der Waals surface area contributed by atoms with Crippen LogP contribution in [-0.2, 0) is 12.0 Å². The number of amides is 2. The van der Waals surface area contributed by atoms with Gasteiger partial charge < -0.3 is 15.4 Å². The summed E-state index contributed by atoms with van der Waals surface area (Å²) in [6.07, 6.45) is -7.49. The Balaban J connectivity index is 1.88. The van der Waals surface area contributed by atoms with E-state index < -0.39 is 41.5 Å². The van der Waals surface area contributed by atoms with E-state index in [0.717, 1.165) is 37.1 Å². The van der Waals surface area contributed by atoms with Gasteiger partial charge in [-0.3, -0.25) is 0 Å². The van der Waals surface area contributed by atoms with Gasteiger partial charge in [-0.15, -0.1) is 0 Å². The largest absolute Gasteiger partial charge is 0.461 e. The third-order valence-corrected chi connectivity index (χ3v) is 5.76. The molecule has 2 N–H and O–H groups in total. The van der Waals surface area contributed by atoms with Crippen molar-refractivity contribution in [1.29, 1.82) is 0 Å². The highest BCUT2D eigenvalue weighted by Gasteiger charge is 2.45. The number of alkyl halides is 4. The van der Waals surface area contributed by atoms with Crippen molar-refractivity contribution in [2.75, 3.05) is 0 Å². The second kappa shape index (κ2) is 10.1. The number of rotatable bonds is 9. The van der Waals surface area contributed by atoms with Crippen LogP contribution in [-0.4, -0.2) is 24.6 Å². The van der Waals surface area contributed by atoms with Crippen molar-refractivity contribution >= 4 is 6.03 Å². The Morgan fingerprint density at radius 3 is 2.19 bits per heavy atom. The summed E-state index contributed by atoms with van der Waals surface area (Å²) in [5, 5.41) is 5.57. The number of hydrogen-bond acceptors (Lipinski definition) is 2. The summed E-state index contributed by atoms with van der Waals surface area (Å²) in [5.74, 6) is -2.50. The lowest BCUT2D eigenvalue weighted by atomic mass is 9.77. The van der Waals surface area contributed by atoms with E-state index in [1.807, 2.05) is 0 Å². The normalized spacial score (nSPS) is 15.3. The summed E-state index contributed by atoms with van der Waals surface area (Å²) in [5.41, 5.74) is -0.716. The number of ether oxygens (including phenoxy) is 1. The average Bonchev–Trinajstić information content (AvgIpc) is 3.63. The fourth-order valence-electron chi connectivity index (χ4n) is 3.91. The van der Waals surface area contributed by atoms with Crippen molar-refractivity contribution in [1.82, 2.24) is 10.6 Å². The maximum Gasteiger partial charge on any atom is 0.461 e. The molecule has 1 fully saturated rings. The summed E-state index contributed by atoms with van der Waals surface area (Å²) < 4.78 is 85.5. The molecule has 190 valence electrons. The average molecular weight is 508 g/mol. The second-order valence-electron chi connectivity index (χ2n) is 8.59. The first-order valence-electron chi connectivity index (χ1n) is 11.1. The molecule has 1 atom stereocenters. The predicted octanol–water partition coefficient (Wildman–Crippen LogP) is 6.15. The quantitative estimate of drug-likeness (QED) is 0.341. The zero-order chi connectivity index (χ0) is 25.9. The molecule has 0 aliphatic heterocycles. The molecule has 1 saturated carbocycles. The number of urea groups is 1. The van der Waals surface area contributed by atoms with Crippen molar-refractivity contribution in [3.05, 3.63) is 101 Å². The first-order valence-corrected chi connectivity index (χ1v) is 11.1. The van der Waals surface area contributed by atoms with Crippen LogP contribution in [0, 0.1) is 11.6 Å². The molecule has 36 heavy (non-hydrogen) atoms. The Morgan fingerprint density at radius 1 is 0.917 bits per heavy atom. The van der Waals surface area contributed by atoms with Gasteiger partial charge in [-0.05, 0) is 53.8 Å². The summed E-state index contributed by atoms with van der Waals surface area (Å²) in [6.45, 7) is 0. The van der Waals surface area contributed by atoms with E-state index >= 15 is 0 Å². The zero-order valence-electron chi connectivity index (χ0n) is 18.8. The van der Waals surface area contributed by atoms with Crippen LogP contribution in [0.5, 0.6) is 5.75 Å². The molecule has 0 heterocycles. The number of carbonyl (C=O) groups is 1. The molecule has 4 rings (SSSR count). The van der Waals surface area contributed by atoms with Gasteiger partial charge in [0.25, 0.3) is 0 Å². The molecule has 10 heteroatoms. The minimum atomic E-state index is -4.88. The van der Waals surface area contributed by atoms with Crippen LogP contribution in [0.4, 0.5) is 31.1 Å². The minimum absolute atomic E-state index is 0.00824. The van der Waals surface area contributed by atoms with Gasteiger partial charge in [-0.25, -0.2) is 13.6 Å². The van der Waals surface area contributed by atoms with Crippen molar-refractivity contribution in [3.63, 3.8) is 0 Å². The van der Waals surface area contributed by atoms with Gasteiger partial charge in [0.2, 0.25) is 0 Å². The molecule has 0 bridgehead atoms. The molecule has 0 saturated heterocycles. The van der Waals surface area contributed by atoms with Crippen LogP contribution in [0.2, 0.25) is 0 Å². The van der Waals surface area contributed by atoms with E-state index in [4.69, 9.17) is 0 Å². The topological polar surface area (TPSA) is 50.4 Å². The smallest absolute Gasteiger partial charge is 0.428 e. The lowest BCUT2D eigenvalue weighted by molar-refractivity contribution is -0.253. The first kappa shape index (κ1) is 25.4. The molecule has 2 amide bonds. The van der Waals surface area contributed by atoms with Crippen LogP contribution in [0.1, 0.15) is 29.5 Å². The molecule has 1 aliphatic carbocycles. The van der Waals surface area contributed by atoms with Gasteiger partial charge in [0.1, 0.15) is 17.4 Å². The van der Waals surface area contributed by atoms with Gasteiger partial charge >= 0.3 is 18.6 Å². The molecule has 0 aromatic heterocycles. The number of carbonyl (C=O) groups excluding carboxylic acids is 1. The lowest BCUT2D eigenvalue weighted by Gasteiger charge is -2.37. The fraction of sp³-hybridized carbons (Fsp3) is 0.269. The van der Waals surface area contributed by atoms with Gasteiger partial charge in [-0.2, -0.15) is 17.6 Å². The second-order valence-corrected chi connectivity index (χ2v) is 8.59. The Kier molecular flexibility index (Phi) is 7.14. The monoisotopic (exact) mass is 508 g/mol. The highest BCUT2D eigenvalue weighted by Crippen LogP contribution is 2.38. The zero-order valence-corrected chi connectivity index (χ0v) is 18.8. The summed E-state index contributed by atoms with van der Waals surface area (Å²) in [7, 11) is 0. The number of hydrogen-bond donors (Lipinski definition) is 2. The van der Waals surface area contributed by atoms with Crippen LogP contribution in [0.25, 0.3) is 0 Å². The summed E-state index contributed by atoms with van der Waals surface area (Å²) in [6, 6.07) is 15.5. The molecule has 3 aromatic carbocycles. The van der Waals surface area contributed by atoms with Crippen molar-refractivity contribution in [3.8, 4) is 5.75 Å². The molecular formula is C26H22F6N2O2. The minimum Gasteiger partial charge on any atom is -0.428 e. The van der Waals surface area contributed by atoms with Crippen LogP contribution in [0.15, 0.2) is 72.8 Å². The van der Waals surface area contributed by atoms with Crippen LogP contribution < -0.4 is 15.4 Å². The van der Waals surface area contributed by atoms with E-state index in [-0.39, 0.29) is 18.0 Å². The van der Waals surface area contributed by atoms with Gasteiger partial charge in [-0.1, -0.05) is 42.5 Å². The number of nitrogens with one attached hydrogen (secondary N) is 2. The van der Waals surface area contributed by atoms with E-state index in [1.165, 1.54) is 12.1 Å². The Bertz CT molecular complexity index is 1200. The predicted molar refractivity (Wildman–Crippen MR) is 120 cm³/mol. The summed E-state index contributed by atoms with van der Waals surface area (Å²) in [4.78, 5) is 13.0. The van der Waals surface area contributed by atoms with Crippen LogP contribution >= 0.6 is 0 Å². The molecular weight excluding hydrogens is 486 g/mol. The lowest BCUT2D eigenvalue weighted by Crippen LogP contribution is -2.52. The fourth-order valence-corrected chi connectivity index (χ4v) is 3.91. The summed E-state index contributed by atoms with van der Waals surface area (Å²) >= 11 is 0. The Morgan fingerprint density at radius 2 is 1.58 bits per heavy atom. The van der Waals surface area contributed by atoms with Gasteiger partial charge in [0.15, 0.2) is 0 Å². The molecule has 1 unspecified atom stereocenters. The molecule has 4 nitrogen and oxygen atoms in total. The number of benzene rings is 3. The van der Waals surface area contributed by atoms with Crippen molar-refractivity contribution < 1.29 is 35.9 Å². The van der Waals surface area contributed by atoms with E-state index in [9.17, 15) is 31.1 Å². The standard InChI is InChI=1S/C26H22F6N2O2/c27-19-8-6-17(7-9-19)25(15-16-4-2-1-3-5-16,34-24(35)33-21-10-11-21)18-12-20(28)14-22(13-18)36-26(31,32)23(29)30/h1-9,12-14,21,23H,10-11,15H2,(H2,33,34,35). The third kappa shape index (κ3) is 5.92. The highest BCUT2D eigenvalue weighted by molar-refractivity contribution is 5.77. The SMILES string of the molecule is O=C(NC1CC1)NC(Cc1ccccc1)(c1ccc(F)cc1)c1cc(F)cc(OC(F)(F)C(F)F)c1. The Labute approximate surface area is 203 Å². The third-order valence-electron chi connectivity index (χ3n) is 5.76. The van der Waals surface area contributed by atoms with Gasteiger partial charge in [0, 0.05) is 18.5 Å². The first-order chi connectivity index (χ1) is 17.1. The van der Waals surface area contributed by atoms with Gasteiger partial charge in [0.05, 0.1) is 5.54 Å². The molecule has 0 spiro atoms. The maximum absolute atomic E-state index is 14.7. The van der Waals surface area contributed by atoms with E-state index in [0.29, 0.717) is 17.2 Å². The molecule has 1 aliphatic rings. The Hall–Kier alpha value is -3.69.